The summed E-state index contributed by atoms with van der Waals surface area (Å²) in [4.78, 5) is 11.7. The van der Waals surface area contributed by atoms with Gasteiger partial charge in [0.2, 0.25) is 0 Å². The Balaban J connectivity index is 4.33. The van der Waals surface area contributed by atoms with Gasteiger partial charge >= 0.3 is 5.97 Å². The van der Waals surface area contributed by atoms with Gasteiger partial charge in [-0.05, 0) is 26.7 Å². The van der Waals surface area contributed by atoms with E-state index in [9.17, 15) is 4.79 Å². The predicted molar refractivity (Wildman–Crippen MR) is 66.2 cm³/mol. The second-order valence-electron chi connectivity index (χ2n) is 4.51. The molecule has 0 heterocycles. The van der Waals surface area contributed by atoms with E-state index in [2.05, 4.69) is 10.5 Å². The number of nitrogens with one attached hydrogen (secondary N) is 1. The maximum Gasteiger partial charge on any atom is 0.324 e. The molecule has 14 heavy (non-hydrogen) atoms. The molecular weight excluding hydrogens is 293 g/mol. The van der Waals surface area contributed by atoms with Gasteiger partial charge in [0, 0.05) is 22.9 Å². The van der Waals surface area contributed by atoms with Gasteiger partial charge in [-0.15, -0.1) is 0 Å². The van der Waals surface area contributed by atoms with Gasteiger partial charge in [0.1, 0.15) is 11.6 Å². The monoisotopic (exact) mass is 313 g/mol. The summed E-state index contributed by atoms with van der Waals surface area (Å²) in [7, 11) is 0. The zero-order valence-corrected chi connectivity index (χ0v) is 11.7. The summed E-state index contributed by atoms with van der Waals surface area (Å²) >= 11 is 2.00. The summed E-state index contributed by atoms with van der Waals surface area (Å²) < 4.78 is 8.28. The van der Waals surface area contributed by atoms with Crippen LogP contribution in [0, 0.1) is 5.92 Å². The van der Waals surface area contributed by atoms with Crippen LogP contribution in [0.2, 0.25) is 0 Å². The number of ether oxygens (including phenoxy) is 1. The van der Waals surface area contributed by atoms with Crippen LogP contribution in [0.1, 0.15) is 41.0 Å². The van der Waals surface area contributed by atoms with E-state index in [1.54, 1.807) is 0 Å². The van der Waals surface area contributed by atoms with Gasteiger partial charge < -0.3 is 4.74 Å². The van der Waals surface area contributed by atoms with Crippen LogP contribution in [-0.4, -0.2) is 17.6 Å². The molecule has 2 unspecified atom stereocenters. The second-order valence-corrected chi connectivity index (χ2v) is 5.13. The SMILES string of the molecule is CCC(C)C(NI)C(=O)OC(C)(C)C. The second kappa shape index (κ2) is 5.90. The van der Waals surface area contributed by atoms with Crippen molar-refractivity contribution in [1.82, 2.24) is 3.53 Å². The van der Waals surface area contributed by atoms with Crippen LogP contribution in [0.3, 0.4) is 0 Å². The summed E-state index contributed by atoms with van der Waals surface area (Å²) in [6.07, 6.45) is 0.958. The van der Waals surface area contributed by atoms with E-state index >= 15 is 0 Å². The Labute approximate surface area is 100 Å². The molecule has 0 fully saturated rings. The van der Waals surface area contributed by atoms with Crippen LogP contribution in [-0.2, 0) is 9.53 Å². The molecule has 0 aliphatic rings. The molecule has 4 heteroatoms. The molecule has 2 atom stereocenters. The predicted octanol–water partition coefficient (Wildman–Crippen LogP) is 2.68. The minimum absolute atomic E-state index is 0.166. The molecule has 0 spiro atoms. The van der Waals surface area contributed by atoms with Crippen molar-refractivity contribution in [3.05, 3.63) is 0 Å². The molecule has 0 radical (unpaired) electrons. The van der Waals surface area contributed by atoms with E-state index < -0.39 is 5.60 Å². The standard InChI is InChI=1S/C10H20INO2/c1-6-7(2)8(12-11)9(13)14-10(3,4)5/h7-8,12H,6H2,1-5H3. The Bertz CT molecular complexity index is 189. The quantitative estimate of drug-likeness (QED) is 0.493. The third-order valence-corrected chi connectivity index (χ3v) is 2.66. The number of rotatable bonds is 4. The minimum atomic E-state index is -0.406. The van der Waals surface area contributed by atoms with Gasteiger partial charge in [-0.1, -0.05) is 20.3 Å². The van der Waals surface area contributed by atoms with E-state index in [1.165, 1.54) is 0 Å². The lowest BCUT2D eigenvalue weighted by atomic mass is 10.00. The first-order chi connectivity index (χ1) is 6.31. The van der Waals surface area contributed by atoms with E-state index in [-0.39, 0.29) is 12.0 Å². The Kier molecular flexibility index (Phi) is 5.97. The fourth-order valence-electron chi connectivity index (χ4n) is 0.985. The van der Waals surface area contributed by atoms with Crippen molar-refractivity contribution < 1.29 is 9.53 Å². The van der Waals surface area contributed by atoms with Crippen molar-refractivity contribution in [2.45, 2.75) is 52.7 Å². The van der Waals surface area contributed by atoms with E-state index in [4.69, 9.17) is 4.74 Å². The van der Waals surface area contributed by atoms with Gasteiger partial charge in [0.15, 0.2) is 0 Å². The van der Waals surface area contributed by atoms with Crippen LogP contribution in [0.25, 0.3) is 0 Å². The first kappa shape index (κ1) is 14.2. The highest BCUT2D eigenvalue weighted by atomic mass is 127. The van der Waals surface area contributed by atoms with Gasteiger partial charge in [0.25, 0.3) is 0 Å². The zero-order chi connectivity index (χ0) is 11.4. The normalized spacial score (nSPS) is 16.1. The molecular formula is C10H20INO2. The molecule has 0 aliphatic heterocycles. The minimum Gasteiger partial charge on any atom is -0.459 e. The number of esters is 1. The van der Waals surface area contributed by atoms with E-state index in [0.717, 1.165) is 6.42 Å². The summed E-state index contributed by atoms with van der Waals surface area (Å²) in [5.74, 6) is 0.128. The highest BCUT2D eigenvalue weighted by Crippen LogP contribution is 2.15. The van der Waals surface area contributed by atoms with Gasteiger partial charge in [0.05, 0.1) is 0 Å². The molecule has 3 nitrogen and oxygen atoms in total. The average Bonchev–Trinajstić information content (AvgIpc) is 2.01. The summed E-state index contributed by atoms with van der Waals surface area (Å²) in [5.41, 5.74) is -0.406. The van der Waals surface area contributed by atoms with Gasteiger partial charge in [-0.2, -0.15) is 0 Å². The zero-order valence-electron chi connectivity index (χ0n) is 9.56. The van der Waals surface area contributed by atoms with Crippen LogP contribution >= 0.6 is 22.9 Å². The molecule has 0 saturated heterocycles. The Morgan fingerprint density at radius 1 is 1.50 bits per heavy atom. The Morgan fingerprint density at radius 2 is 2.00 bits per heavy atom. The van der Waals surface area contributed by atoms with E-state index in [1.807, 2.05) is 50.6 Å². The molecule has 0 rings (SSSR count). The van der Waals surface area contributed by atoms with Crippen molar-refractivity contribution >= 4 is 28.8 Å². The summed E-state index contributed by atoms with van der Waals surface area (Å²) in [5, 5.41) is 0. The lowest BCUT2D eigenvalue weighted by molar-refractivity contribution is -0.158. The first-order valence-electron chi connectivity index (χ1n) is 4.90. The maximum atomic E-state index is 11.7. The number of hydrogen-bond acceptors (Lipinski definition) is 3. The van der Waals surface area contributed by atoms with Crippen LogP contribution in [0.4, 0.5) is 0 Å². The molecule has 0 saturated carbocycles. The van der Waals surface area contributed by atoms with Crippen molar-refractivity contribution in [3.8, 4) is 0 Å². The number of carbonyl (C=O) groups is 1. The first-order valence-corrected chi connectivity index (χ1v) is 5.98. The smallest absolute Gasteiger partial charge is 0.324 e. The van der Waals surface area contributed by atoms with Crippen LogP contribution in [0.15, 0.2) is 0 Å². The Morgan fingerprint density at radius 3 is 2.29 bits per heavy atom. The van der Waals surface area contributed by atoms with Crippen molar-refractivity contribution in [2.24, 2.45) is 5.92 Å². The lowest BCUT2D eigenvalue weighted by Crippen LogP contribution is -2.41. The molecule has 0 aromatic heterocycles. The number of halogens is 1. The molecule has 0 aliphatic carbocycles. The molecule has 1 N–H and O–H groups in total. The van der Waals surface area contributed by atoms with E-state index in [0.29, 0.717) is 5.92 Å². The third kappa shape index (κ3) is 5.14. The van der Waals surface area contributed by atoms with Crippen LogP contribution < -0.4 is 3.53 Å². The van der Waals surface area contributed by atoms with Crippen molar-refractivity contribution in [2.75, 3.05) is 0 Å². The molecule has 0 bridgehead atoms. The van der Waals surface area contributed by atoms with Crippen molar-refractivity contribution in [1.29, 1.82) is 0 Å². The fraction of sp³-hybridized carbons (Fsp3) is 0.900. The third-order valence-electron chi connectivity index (χ3n) is 1.99. The molecule has 0 aromatic rings. The summed E-state index contributed by atoms with van der Waals surface area (Å²) in [6.45, 7) is 9.75. The largest absolute Gasteiger partial charge is 0.459 e. The highest BCUT2D eigenvalue weighted by Gasteiger charge is 2.27. The topological polar surface area (TPSA) is 38.3 Å². The summed E-state index contributed by atoms with van der Waals surface area (Å²) in [6, 6.07) is -0.208. The highest BCUT2D eigenvalue weighted by molar-refractivity contribution is 14.1. The Hall–Kier alpha value is 0.160. The van der Waals surface area contributed by atoms with Crippen molar-refractivity contribution in [3.63, 3.8) is 0 Å². The lowest BCUT2D eigenvalue weighted by Gasteiger charge is -2.25. The van der Waals surface area contributed by atoms with Crippen LogP contribution in [0.5, 0.6) is 0 Å². The molecule has 0 amide bonds. The average molecular weight is 313 g/mol. The van der Waals surface area contributed by atoms with Gasteiger partial charge in [-0.3, -0.25) is 4.79 Å². The van der Waals surface area contributed by atoms with Gasteiger partial charge in [-0.25, -0.2) is 3.53 Å². The number of carbonyl (C=O) groups excluding carboxylic acids is 1. The number of hydrogen-bond donors (Lipinski definition) is 1. The maximum absolute atomic E-state index is 11.7. The molecule has 84 valence electrons. The fourth-order valence-corrected chi connectivity index (χ4v) is 1.85. The molecule has 0 aromatic carbocycles.